The Morgan fingerprint density at radius 1 is 1.19 bits per heavy atom. The molecule has 0 atom stereocenters. The summed E-state index contributed by atoms with van der Waals surface area (Å²) < 4.78 is 27.2. The van der Waals surface area contributed by atoms with Crippen LogP contribution in [0, 0.1) is 0 Å². The first-order valence-electron chi connectivity index (χ1n) is 6.97. The fourth-order valence-electron chi connectivity index (χ4n) is 1.68. The Morgan fingerprint density at radius 2 is 1.81 bits per heavy atom. The lowest BCUT2D eigenvalue weighted by Crippen LogP contribution is -2.12. The van der Waals surface area contributed by atoms with E-state index in [1.807, 2.05) is 6.07 Å². The molecule has 120 valence electrons. The molecule has 0 bridgehead atoms. The molecule has 0 saturated carbocycles. The monoisotopic (exact) mass is 316 g/mol. The molecule has 1 rings (SSSR count). The van der Waals surface area contributed by atoms with Crippen LogP contribution >= 0.6 is 0 Å². The van der Waals surface area contributed by atoms with Crippen LogP contribution in [0.3, 0.4) is 0 Å². The van der Waals surface area contributed by atoms with Crippen LogP contribution in [0.25, 0.3) is 0 Å². The molecule has 8 heteroatoms. The zero-order valence-electron chi connectivity index (χ0n) is 12.8. The maximum absolute atomic E-state index is 11.1. The van der Waals surface area contributed by atoms with Gasteiger partial charge in [0.05, 0.1) is 5.75 Å². The lowest BCUT2D eigenvalue weighted by Gasteiger charge is -2.10. The summed E-state index contributed by atoms with van der Waals surface area (Å²) in [6.45, 7) is 3.79. The molecule has 0 amide bonds. The maximum atomic E-state index is 11.1. The molecule has 0 aliphatic rings. The van der Waals surface area contributed by atoms with Crippen molar-refractivity contribution in [3.63, 3.8) is 0 Å². The van der Waals surface area contributed by atoms with Gasteiger partial charge in [0.15, 0.2) is 5.82 Å². The van der Waals surface area contributed by atoms with Gasteiger partial charge in [0.1, 0.15) is 28.1 Å². The summed E-state index contributed by atoms with van der Waals surface area (Å²) in [5.74, 6) is 2.16. The summed E-state index contributed by atoms with van der Waals surface area (Å²) in [7, 11) is -1.33. The molecule has 0 aromatic carbocycles. The second kappa shape index (κ2) is 8.78. The third-order valence-electron chi connectivity index (χ3n) is 2.60. The van der Waals surface area contributed by atoms with E-state index >= 15 is 0 Å². The molecule has 0 aliphatic carbocycles. The average Bonchev–Trinajstić information content (AvgIpc) is 2.41. The van der Waals surface area contributed by atoms with Crippen LogP contribution < -0.4 is 10.6 Å². The van der Waals surface area contributed by atoms with Gasteiger partial charge >= 0.3 is 0 Å². The number of aromatic nitrogens is 2. The minimum absolute atomic E-state index is 0.164. The molecule has 0 aliphatic heterocycles. The standard InChI is InChI=1S/C13H24N4O3S/c1-4-6-14-11-9-12(17-13(16-11)10-20-2)15-7-5-8-21(3,18)19/h9H,4-8,10H2,1-3H3,(H2,14,15,16,17). The van der Waals surface area contributed by atoms with Crippen molar-refractivity contribution in [3.8, 4) is 0 Å². The van der Waals surface area contributed by atoms with Crippen molar-refractivity contribution in [2.75, 3.05) is 42.8 Å². The van der Waals surface area contributed by atoms with Gasteiger partial charge in [-0.3, -0.25) is 0 Å². The van der Waals surface area contributed by atoms with Gasteiger partial charge in [-0.1, -0.05) is 6.92 Å². The molecule has 0 fully saturated rings. The van der Waals surface area contributed by atoms with Gasteiger partial charge in [-0.25, -0.2) is 18.4 Å². The fourth-order valence-corrected chi connectivity index (χ4v) is 2.34. The largest absolute Gasteiger partial charge is 0.377 e. The molecule has 0 unspecified atom stereocenters. The molecular formula is C13H24N4O3S. The van der Waals surface area contributed by atoms with Crippen molar-refractivity contribution in [2.24, 2.45) is 0 Å². The number of hydrogen-bond donors (Lipinski definition) is 2. The van der Waals surface area contributed by atoms with Crippen LogP contribution in [0.2, 0.25) is 0 Å². The minimum atomic E-state index is -2.92. The van der Waals surface area contributed by atoms with Gasteiger partial charge in [0.25, 0.3) is 0 Å². The third-order valence-corrected chi connectivity index (χ3v) is 3.63. The summed E-state index contributed by atoms with van der Waals surface area (Å²) in [5.41, 5.74) is 0. The average molecular weight is 316 g/mol. The Labute approximate surface area is 126 Å². The zero-order valence-corrected chi connectivity index (χ0v) is 13.7. The second-order valence-electron chi connectivity index (χ2n) is 4.82. The number of nitrogens with zero attached hydrogens (tertiary/aromatic N) is 2. The zero-order chi connectivity index (χ0) is 15.7. The van der Waals surface area contributed by atoms with Crippen molar-refractivity contribution < 1.29 is 13.2 Å². The molecule has 0 radical (unpaired) electrons. The van der Waals surface area contributed by atoms with Gasteiger partial charge in [-0.2, -0.15) is 0 Å². The van der Waals surface area contributed by atoms with Crippen LogP contribution in [-0.4, -0.2) is 50.6 Å². The maximum Gasteiger partial charge on any atom is 0.158 e. The molecule has 21 heavy (non-hydrogen) atoms. The van der Waals surface area contributed by atoms with Gasteiger partial charge in [0.2, 0.25) is 0 Å². The summed E-state index contributed by atoms with van der Waals surface area (Å²) in [5, 5.41) is 6.33. The normalized spacial score (nSPS) is 11.4. The van der Waals surface area contributed by atoms with Crippen molar-refractivity contribution >= 4 is 21.5 Å². The van der Waals surface area contributed by atoms with Crippen LogP contribution in [0.4, 0.5) is 11.6 Å². The predicted molar refractivity (Wildman–Crippen MR) is 84.3 cm³/mol. The van der Waals surface area contributed by atoms with E-state index in [9.17, 15) is 8.42 Å². The number of nitrogens with one attached hydrogen (secondary N) is 2. The highest BCUT2D eigenvalue weighted by molar-refractivity contribution is 7.90. The highest BCUT2D eigenvalue weighted by atomic mass is 32.2. The minimum Gasteiger partial charge on any atom is -0.377 e. The van der Waals surface area contributed by atoms with E-state index in [0.717, 1.165) is 18.8 Å². The van der Waals surface area contributed by atoms with Crippen molar-refractivity contribution in [1.82, 2.24) is 9.97 Å². The summed E-state index contributed by atoms with van der Waals surface area (Å²) >= 11 is 0. The first-order chi connectivity index (χ1) is 9.94. The molecule has 1 heterocycles. The van der Waals surface area contributed by atoms with Crippen LogP contribution in [0.5, 0.6) is 0 Å². The van der Waals surface area contributed by atoms with Gasteiger partial charge in [0, 0.05) is 32.5 Å². The quantitative estimate of drug-likeness (QED) is 0.628. The van der Waals surface area contributed by atoms with Crippen molar-refractivity contribution in [2.45, 2.75) is 26.4 Å². The first-order valence-corrected chi connectivity index (χ1v) is 9.03. The molecule has 2 N–H and O–H groups in total. The number of ether oxygens (including phenoxy) is 1. The first kappa shape index (κ1) is 17.6. The van der Waals surface area contributed by atoms with E-state index in [0.29, 0.717) is 31.2 Å². The molecule has 7 nitrogen and oxygen atoms in total. The summed E-state index contributed by atoms with van der Waals surface area (Å²) in [6, 6.07) is 1.81. The predicted octanol–water partition coefficient (Wildman–Crippen LogP) is 1.29. The number of methoxy groups -OCH3 is 1. The molecule has 1 aromatic heterocycles. The lowest BCUT2D eigenvalue weighted by atomic mass is 10.4. The smallest absolute Gasteiger partial charge is 0.158 e. The third kappa shape index (κ3) is 7.81. The number of sulfone groups is 1. The number of hydrogen-bond acceptors (Lipinski definition) is 7. The van der Waals surface area contributed by atoms with E-state index in [1.54, 1.807) is 7.11 Å². The Balaban J connectivity index is 2.64. The van der Waals surface area contributed by atoms with E-state index in [2.05, 4.69) is 27.5 Å². The Morgan fingerprint density at radius 3 is 2.33 bits per heavy atom. The van der Waals surface area contributed by atoms with E-state index in [-0.39, 0.29) is 5.75 Å². The van der Waals surface area contributed by atoms with E-state index in [1.165, 1.54) is 6.26 Å². The van der Waals surface area contributed by atoms with Gasteiger partial charge in [-0.05, 0) is 12.8 Å². The van der Waals surface area contributed by atoms with E-state index in [4.69, 9.17) is 4.74 Å². The van der Waals surface area contributed by atoms with Crippen LogP contribution in [-0.2, 0) is 21.2 Å². The SMILES string of the molecule is CCCNc1cc(NCCCS(C)(=O)=O)nc(COC)n1. The molecule has 0 spiro atoms. The Hall–Kier alpha value is -1.41. The summed E-state index contributed by atoms with van der Waals surface area (Å²) in [6.07, 6.45) is 2.78. The molecular weight excluding hydrogens is 292 g/mol. The number of anilines is 2. The molecule has 1 aromatic rings. The second-order valence-corrected chi connectivity index (χ2v) is 7.08. The summed E-state index contributed by atoms with van der Waals surface area (Å²) in [4.78, 5) is 8.67. The fraction of sp³-hybridized carbons (Fsp3) is 0.692. The lowest BCUT2D eigenvalue weighted by molar-refractivity contribution is 0.178. The van der Waals surface area contributed by atoms with Crippen LogP contribution in [0.15, 0.2) is 6.07 Å². The van der Waals surface area contributed by atoms with Gasteiger partial charge in [-0.15, -0.1) is 0 Å². The van der Waals surface area contributed by atoms with Gasteiger partial charge < -0.3 is 15.4 Å². The van der Waals surface area contributed by atoms with E-state index < -0.39 is 9.84 Å². The van der Waals surface area contributed by atoms with Crippen LogP contribution in [0.1, 0.15) is 25.6 Å². The molecule has 0 saturated heterocycles. The number of rotatable bonds is 10. The Kier molecular flexibility index (Phi) is 7.38. The van der Waals surface area contributed by atoms with Crippen molar-refractivity contribution in [3.05, 3.63) is 11.9 Å². The highest BCUT2D eigenvalue weighted by Gasteiger charge is 2.05. The Bertz CT molecular complexity index is 534. The highest BCUT2D eigenvalue weighted by Crippen LogP contribution is 2.12. The topological polar surface area (TPSA) is 93.2 Å². The van der Waals surface area contributed by atoms with Crippen molar-refractivity contribution in [1.29, 1.82) is 0 Å².